The highest BCUT2D eigenvalue weighted by Gasteiger charge is 2.10. The van der Waals surface area contributed by atoms with E-state index in [0.717, 1.165) is 19.6 Å². The van der Waals surface area contributed by atoms with E-state index in [1.54, 1.807) is 0 Å². The topological polar surface area (TPSA) is 21.3 Å². The van der Waals surface area contributed by atoms with E-state index in [9.17, 15) is 0 Å². The first-order valence-corrected chi connectivity index (χ1v) is 5.68. The average Bonchev–Trinajstić information content (AvgIpc) is 1.99. The molecule has 0 spiro atoms. The molecule has 0 fully saturated rings. The molecular formula is C12H27NO. The summed E-state index contributed by atoms with van der Waals surface area (Å²) in [6, 6.07) is 0. The van der Waals surface area contributed by atoms with Crippen molar-refractivity contribution in [2.75, 3.05) is 13.2 Å². The minimum absolute atomic E-state index is 0.229. The van der Waals surface area contributed by atoms with Gasteiger partial charge in [-0.05, 0) is 53.5 Å². The highest BCUT2D eigenvalue weighted by atomic mass is 16.5. The van der Waals surface area contributed by atoms with Crippen LogP contribution in [-0.2, 0) is 4.74 Å². The summed E-state index contributed by atoms with van der Waals surface area (Å²) in [7, 11) is 0. The zero-order valence-electron chi connectivity index (χ0n) is 10.7. The summed E-state index contributed by atoms with van der Waals surface area (Å²) in [5.41, 5.74) is 0.229. The van der Waals surface area contributed by atoms with Gasteiger partial charge in [-0.25, -0.2) is 0 Å². The van der Waals surface area contributed by atoms with Crippen LogP contribution in [0.3, 0.4) is 0 Å². The fourth-order valence-corrected chi connectivity index (χ4v) is 1.09. The van der Waals surface area contributed by atoms with Gasteiger partial charge in [0.05, 0.1) is 6.10 Å². The molecule has 0 aliphatic carbocycles. The Labute approximate surface area is 89.4 Å². The van der Waals surface area contributed by atoms with Crippen LogP contribution >= 0.6 is 0 Å². The fraction of sp³-hybridized carbons (Fsp3) is 1.00. The van der Waals surface area contributed by atoms with Gasteiger partial charge in [0.2, 0.25) is 0 Å². The highest BCUT2D eigenvalue weighted by molar-refractivity contribution is 4.71. The smallest absolute Gasteiger partial charge is 0.0518 e. The third-order valence-electron chi connectivity index (χ3n) is 2.04. The predicted octanol–water partition coefficient (Wildman–Crippen LogP) is 2.83. The SMILES string of the molecule is CC(CCOC(C)C)CNC(C)(C)C. The van der Waals surface area contributed by atoms with Gasteiger partial charge in [0, 0.05) is 12.1 Å². The molecule has 0 aliphatic rings. The van der Waals surface area contributed by atoms with Gasteiger partial charge in [0.1, 0.15) is 0 Å². The van der Waals surface area contributed by atoms with Crippen LogP contribution in [0.5, 0.6) is 0 Å². The van der Waals surface area contributed by atoms with Gasteiger partial charge in [-0.15, -0.1) is 0 Å². The molecule has 0 aliphatic heterocycles. The summed E-state index contributed by atoms with van der Waals surface area (Å²) in [6.45, 7) is 15.0. The molecule has 0 aromatic heterocycles. The quantitative estimate of drug-likeness (QED) is 0.713. The van der Waals surface area contributed by atoms with Crippen LogP contribution in [0.4, 0.5) is 0 Å². The summed E-state index contributed by atoms with van der Waals surface area (Å²) >= 11 is 0. The number of ether oxygens (including phenoxy) is 1. The largest absolute Gasteiger partial charge is 0.379 e. The Hall–Kier alpha value is -0.0800. The molecule has 0 amide bonds. The van der Waals surface area contributed by atoms with Crippen LogP contribution in [0.1, 0.15) is 48.0 Å². The van der Waals surface area contributed by atoms with E-state index in [2.05, 4.69) is 46.9 Å². The van der Waals surface area contributed by atoms with Crippen molar-refractivity contribution in [3.8, 4) is 0 Å². The van der Waals surface area contributed by atoms with E-state index < -0.39 is 0 Å². The number of hydrogen-bond donors (Lipinski definition) is 1. The molecule has 0 saturated carbocycles. The standard InChI is InChI=1S/C12H27NO/c1-10(2)14-8-7-11(3)9-13-12(4,5)6/h10-11,13H,7-9H2,1-6H3. The van der Waals surface area contributed by atoms with E-state index >= 15 is 0 Å². The molecule has 2 heteroatoms. The second kappa shape index (κ2) is 6.41. The Balaban J connectivity index is 3.42. The molecule has 14 heavy (non-hydrogen) atoms. The van der Waals surface area contributed by atoms with Crippen molar-refractivity contribution in [2.45, 2.75) is 59.6 Å². The summed E-state index contributed by atoms with van der Waals surface area (Å²) in [6.07, 6.45) is 1.50. The van der Waals surface area contributed by atoms with Crippen LogP contribution in [0.2, 0.25) is 0 Å². The molecule has 2 nitrogen and oxygen atoms in total. The normalized spacial score (nSPS) is 14.8. The van der Waals surface area contributed by atoms with Gasteiger partial charge in [-0.1, -0.05) is 6.92 Å². The molecule has 0 radical (unpaired) electrons. The van der Waals surface area contributed by atoms with E-state index in [-0.39, 0.29) is 5.54 Å². The van der Waals surface area contributed by atoms with Crippen molar-refractivity contribution in [3.63, 3.8) is 0 Å². The van der Waals surface area contributed by atoms with Crippen LogP contribution in [-0.4, -0.2) is 24.8 Å². The molecule has 1 unspecified atom stereocenters. The van der Waals surface area contributed by atoms with E-state index in [1.165, 1.54) is 0 Å². The Bertz CT molecular complexity index is 138. The zero-order valence-corrected chi connectivity index (χ0v) is 10.7. The number of nitrogens with one attached hydrogen (secondary N) is 1. The minimum atomic E-state index is 0.229. The van der Waals surface area contributed by atoms with Gasteiger partial charge in [0.25, 0.3) is 0 Å². The Morgan fingerprint density at radius 1 is 1.14 bits per heavy atom. The first-order chi connectivity index (χ1) is 6.31. The van der Waals surface area contributed by atoms with E-state index in [1.807, 2.05) is 0 Å². The Morgan fingerprint density at radius 2 is 1.71 bits per heavy atom. The lowest BCUT2D eigenvalue weighted by atomic mass is 10.0. The first-order valence-electron chi connectivity index (χ1n) is 5.68. The molecule has 0 heterocycles. The lowest BCUT2D eigenvalue weighted by Crippen LogP contribution is -2.38. The lowest BCUT2D eigenvalue weighted by molar-refractivity contribution is 0.0692. The minimum Gasteiger partial charge on any atom is -0.379 e. The summed E-state index contributed by atoms with van der Waals surface area (Å²) < 4.78 is 5.52. The van der Waals surface area contributed by atoms with E-state index in [0.29, 0.717) is 12.0 Å². The maximum atomic E-state index is 5.52. The van der Waals surface area contributed by atoms with Crippen molar-refractivity contribution in [1.29, 1.82) is 0 Å². The van der Waals surface area contributed by atoms with Crippen molar-refractivity contribution in [1.82, 2.24) is 5.32 Å². The third-order valence-corrected chi connectivity index (χ3v) is 2.04. The highest BCUT2D eigenvalue weighted by Crippen LogP contribution is 2.05. The Kier molecular flexibility index (Phi) is 6.38. The third kappa shape index (κ3) is 10.0. The molecule has 0 aromatic rings. The van der Waals surface area contributed by atoms with Crippen LogP contribution < -0.4 is 5.32 Å². The summed E-state index contributed by atoms with van der Waals surface area (Å²) in [4.78, 5) is 0. The Morgan fingerprint density at radius 3 is 2.14 bits per heavy atom. The fourth-order valence-electron chi connectivity index (χ4n) is 1.09. The lowest BCUT2D eigenvalue weighted by Gasteiger charge is -2.23. The molecule has 86 valence electrons. The van der Waals surface area contributed by atoms with E-state index in [4.69, 9.17) is 4.74 Å². The van der Waals surface area contributed by atoms with Crippen molar-refractivity contribution < 1.29 is 4.74 Å². The summed E-state index contributed by atoms with van der Waals surface area (Å²) in [5.74, 6) is 0.688. The van der Waals surface area contributed by atoms with Gasteiger partial charge in [-0.3, -0.25) is 0 Å². The number of hydrogen-bond acceptors (Lipinski definition) is 2. The number of rotatable bonds is 6. The second-order valence-corrected chi connectivity index (χ2v) is 5.44. The molecule has 0 aromatic carbocycles. The van der Waals surface area contributed by atoms with Crippen molar-refractivity contribution in [2.24, 2.45) is 5.92 Å². The maximum Gasteiger partial charge on any atom is 0.0518 e. The van der Waals surface area contributed by atoms with Crippen LogP contribution in [0.25, 0.3) is 0 Å². The van der Waals surface area contributed by atoms with Gasteiger partial charge in [-0.2, -0.15) is 0 Å². The molecule has 0 bridgehead atoms. The zero-order chi connectivity index (χ0) is 11.2. The predicted molar refractivity (Wildman–Crippen MR) is 62.6 cm³/mol. The average molecular weight is 201 g/mol. The molecule has 1 N–H and O–H groups in total. The molecular weight excluding hydrogens is 174 g/mol. The van der Waals surface area contributed by atoms with Crippen LogP contribution in [0, 0.1) is 5.92 Å². The first kappa shape index (κ1) is 13.9. The van der Waals surface area contributed by atoms with Gasteiger partial charge in [0.15, 0.2) is 0 Å². The van der Waals surface area contributed by atoms with Gasteiger partial charge >= 0.3 is 0 Å². The molecule has 0 rings (SSSR count). The maximum absolute atomic E-state index is 5.52. The van der Waals surface area contributed by atoms with Gasteiger partial charge < -0.3 is 10.1 Å². The summed E-state index contributed by atoms with van der Waals surface area (Å²) in [5, 5.41) is 3.50. The molecule has 1 atom stereocenters. The van der Waals surface area contributed by atoms with Crippen molar-refractivity contribution in [3.05, 3.63) is 0 Å². The monoisotopic (exact) mass is 201 g/mol. The van der Waals surface area contributed by atoms with Crippen LogP contribution in [0.15, 0.2) is 0 Å². The van der Waals surface area contributed by atoms with Crippen molar-refractivity contribution >= 4 is 0 Å². The molecule has 0 saturated heterocycles. The second-order valence-electron chi connectivity index (χ2n) is 5.44.